The molecule has 4 heteroatoms. The molecule has 1 aliphatic heterocycles. The van der Waals surface area contributed by atoms with E-state index in [0.717, 1.165) is 17.5 Å². The zero-order valence-electron chi connectivity index (χ0n) is 16.3. The molecule has 1 aliphatic rings. The molecule has 4 rings (SSSR count). The number of piperazine rings is 1. The molecule has 2 amide bonds. The van der Waals surface area contributed by atoms with Crippen LogP contribution in [0.4, 0.5) is 0 Å². The fourth-order valence-corrected chi connectivity index (χ4v) is 3.75. The average Bonchev–Trinajstić information content (AvgIpc) is 2.80. The molecule has 0 saturated carbocycles. The predicted octanol–water partition coefficient (Wildman–Crippen LogP) is 3.88. The number of hydrogen-bond acceptors (Lipinski definition) is 2. The maximum absolute atomic E-state index is 13.2. The van der Waals surface area contributed by atoms with Gasteiger partial charge in [0.1, 0.15) is 0 Å². The van der Waals surface area contributed by atoms with Crippen molar-refractivity contribution < 1.29 is 9.59 Å². The number of rotatable bonds is 4. The smallest absolute Gasteiger partial charge is 0.254 e. The largest absolute Gasteiger partial charge is 0.335 e. The predicted molar refractivity (Wildman–Crippen MR) is 114 cm³/mol. The fourth-order valence-electron chi connectivity index (χ4n) is 3.75. The van der Waals surface area contributed by atoms with E-state index in [0.29, 0.717) is 31.7 Å². The van der Waals surface area contributed by atoms with Crippen molar-refractivity contribution >= 4 is 11.8 Å². The molecule has 0 bridgehead atoms. The highest BCUT2D eigenvalue weighted by molar-refractivity contribution is 5.97. The summed E-state index contributed by atoms with van der Waals surface area (Å²) in [6, 6.07) is 27.3. The maximum atomic E-state index is 13.2. The van der Waals surface area contributed by atoms with E-state index >= 15 is 0 Å². The SMILES string of the molecule is O=C(c1ccccc1)N1CCN(C(=O)c2ccccc2Cc2ccccc2)CC1. The molecule has 0 N–H and O–H groups in total. The molecule has 0 atom stereocenters. The summed E-state index contributed by atoms with van der Waals surface area (Å²) in [6.07, 6.45) is 0.731. The minimum atomic E-state index is 0.0298. The van der Waals surface area contributed by atoms with Gasteiger partial charge in [-0.15, -0.1) is 0 Å². The van der Waals surface area contributed by atoms with Gasteiger partial charge in [0, 0.05) is 37.3 Å². The van der Waals surface area contributed by atoms with Crippen molar-refractivity contribution in [3.63, 3.8) is 0 Å². The first-order chi connectivity index (χ1) is 14.2. The molecular formula is C25H24N2O2. The van der Waals surface area contributed by atoms with E-state index in [1.165, 1.54) is 5.56 Å². The maximum Gasteiger partial charge on any atom is 0.254 e. The first-order valence-electron chi connectivity index (χ1n) is 9.98. The minimum Gasteiger partial charge on any atom is -0.335 e. The van der Waals surface area contributed by atoms with E-state index in [-0.39, 0.29) is 11.8 Å². The second-order valence-corrected chi connectivity index (χ2v) is 7.27. The second kappa shape index (κ2) is 8.74. The van der Waals surface area contributed by atoms with Gasteiger partial charge in [-0.05, 0) is 35.7 Å². The molecule has 29 heavy (non-hydrogen) atoms. The third kappa shape index (κ3) is 4.37. The fraction of sp³-hybridized carbons (Fsp3) is 0.200. The van der Waals surface area contributed by atoms with Gasteiger partial charge in [0.15, 0.2) is 0 Å². The molecule has 0 radical (unpaired) electrons. The van der Waals surface area contributed by atoms with Crippen LogP contribution in [0.3, 0.4) is 0 Å². The van der Waals surface area contributed by atoms with Gasteiger partial charge in [-0.1, -0.05) is 66.7 Å². The Morgan fingerprint density at radius 3 is 1.79 bits per heavy atom. The molecule has 3 aromatic carbocycles. The van der Waals surface area contributed by atoms with E-state index < -0.39 is 0 Å². The van der Waals surface area contributed by atoms with Crippen molar-refractivity contribution in [1.82, 2.24) is 9.80 Å². The quantitative estimate of drug-likeness (QED) is 0.685. The highest BCUT2D eigenvalue weighted by Gasteiger charge is 2.26. The summed E-state index contributed by atoms with van der Waals surface area (Å²) in [6.45, 7) is 2.22. The van der Waals surface area contributed by atoms with Crippen molar-refractivity contribution in [1.29, 1.82) is 0 Å². The summed E-state index contributed by atoms with van der Waals surface area (Å²) in [7, 11) is 0. The lowest BCUT2D eigenvalue weighted by atomic mass is 9.99. The highest BCUT2D eigenvalue weighted by Crippen LogP contribution is 2.18. The van der Waals surface area contributed by atoms with Crippen molar-refractivity contribution in [3.8, 4) is 0 Å². The number of benzene rings is 3. The molecule has 0 aromatic heterocycles. The van der Waals surface area contributed by atoms with E-state index in [2.05, 4.69) is 12.1 Å². The third-order valence-corrected chi connectivity index (χ3v) is 5.36. The van der Waals surface area contributed by atoms with E-state index in [1.54, 1.807) is 0 Å². The number of hydrogen-bond donors (Lipinski definition) is 0. The van der Waals surface area contributed by atoms with Gasteiger partial charge in [0.25, 0.3) is 11.8 Å². The summed E-state index contributed by atoms with van der Waals surface area (Å²) in [5.74, 6) is 0.0746. The topological polar surface area (TPSA) is 40.6 Å². The molecule has 0 spiro atoms. The van der Waals surface area contributed by atoms with Crippen LogP contribution < -0.4 is 0 Å². The Kier molecular flexibility index (Phi) is 5.71. The molecule has 4 nitrogen and oxygen atoms in total. The van der Waals surface area contributed by atoms with Gasteiger partial charge in [0.05, 0.1) is 0 Å². The summed E-state index contributed by atoms with van der Waals surface area (Å²) in [5.41, 5.74) is 3.66. The zero-order chi connectivity index (χ0) is 20.1. The molecule has 0 unspecified atom stereocenters. The normalized spacial score (nSPS) is 13.9. The molecule has 0 aliphatic carbocycles. The second-order valence-electron chi connectivity index (χ2n) is 7.27. The van der Waals surface area contributed by atoms with Crippen LogP contribution in [0.15, 0.2) is 84.9 Å². The number of carbonyl (C=O) groups is 2. The van der Waals surface area contributed by atoms with E-state index in [1.807, 2.05) is 82.6 Å². The Hall–Kier alpha value is -3.40. The molecule has 3 aromatic rings. The Balaban J connectivity index is 1.43. The Morgan fingerprint density at radius 1 is 0.621 bits per heavy atom. The van der Waals surface area contributed by atoms with E-state index in [4.69, 9.17) is 0 Å². The zero-order valence-corrected chi connectivity index (χ0v) is 16.3. The van der Waals surface area contributed by atoms with Crippen LogP contribution in [0.1, 0.15) is 31.8 Å². The molecule has 1 fully saturated rings. The minimum absolute atomic E-state index is 0.0298. The summed E-state index contributed by atoms with van der Waals surface area (Å²) < 4.78 is 0. The summed E-state index contributed by atoms with van der Waals surface area (Å²) in [5, 5.41) is 0. The van der Waals surface area contributed by atoms with Gasteiger partial charge < -0.3 is 9.80 Å². The summed E-state index contributed by atoms with van der Waals surface area (Å²) in [4.78, 5) is 29.5. The Labute approximate surface area is 171 Å². The van der Waals surface area contributed by atoms with E-state index in [9.17, 15) is 9.59 Å². The first-order valence-corrected chi connectivity index (χ1v) is 9.98. The molecule has 1 saturated heterocycles. The van der Waals surface area contributed by atoms with Gasteiger partial charge in [0.2, 0.25) is 0 Å². The average molecular weight is 384 g/mol. The van der Waals surface area contributed by atoms with Gasteiger partial charge in [-0.3, -0.25) is 9.59 Å². The number of amides is 2. The van der Waals surface area contributed by atoms with Crippen molar-refractivity contribution in [2.45, 2.75) is 6.42 Å². The number of carbonyl (C=O) groups excluding carboxylic acids is 2. The molecular weight excluding hydrogens is 360 g/mol. The summed E-state index contributed by atoms with van der Waals surface area (Å²) >= 11 is 0. The van der Waals surface area contributed by atoms with Crippen LogP contribution >= 0.6 is 0 Å². The first kappa shape index (κ1) is 18.9. The monoisotopic (exact) mass is 384 g/mol. The lowest BCUT2D eigenvalue weighted by molar-refractivity contribution is 0.0535. The standard InChI is InChI=1S/C25H24N2O2/c28-24(21-11-5-2-6-12-21)26-15-17-27(18-16-26)25(29)23-14-8-7-13-22(23)19-20-9-3-1-4-10-20/h1-14H,15-19H2. The lowest BCUT2D eigenvalue weighted by Crippen LogP contribution is -2.50. The van der Waals surface area contributed by atoms with Crippen molar-refractivity contribution in [3.05, 3.63) is 107 Å². The Morgan fingerprint density at radius 2 is 1.14 bits per heavy atom. The lowest BCUT2D eigenvalue weighted by Gasteiger charge is -2.35. The van der Waals surface area contributed by atoms with Gasteiger partial charge in [-0.2, -0.15) is 0 Å². The Bertz CT molecular complexity index is 978. The molecule has 1 heterocycles. The van der Waals surface area contributed by atoms with Gasteiger partial charge >= 0.3 is 0 Å². The van der Waals surface area contributed by atoms with Crippen LogP contribution in [-0.4, -0.2) is 47.8 Å². The molecule has 146 valence electrons. The van der Waals surface area contributed by atoms with Crippen LogP contribution in [0.5, 0.6) is 0 Å². The van der Waals surface area contributed by atoms with Crippen LogP contribution in [0.25, 0.3) is 0 Å². The van der Waals surface area contributed by atoms with Crippen molar-refractivity contribution in [2.75, 3.05) is 26.2 Å². The van der Waals surface area contributed by atoms with Crippen LogP contribution in [-0.2, 0) is 6.42 Å². The van der Waals surface area contributed by atoms with Gasteiger partial charge in [-0.25, -0.2) is 0 Å². The third-order valence-electron chi connectivity index (χ3n) is 5.36. The van der Waals surface area contributed by atoms with Crippen LogP contribution in [0, 0.1) is 0 Å². The van der Waals surface area contributed by atoms with Crippen molar-refractivity contribution in [2.24, 2.45) is 0 Å². The van der Waals surface area contributed by atoms with Crippen LogP contribution in [0.2, 0.25) is 0 Å². The highest BCUT2D eigenvalue weighted by atomic mass is 16.2. The number of nitrogens with zero attached hydrogens (tertiary/aromatic N) is 2.